The average Bonchev–Trinajstić information content (AvgIpc) is 3.10. The van der Waals surface area contributed by atoms with Gasteiger partial charge < -0.3 is 10.1 Å². The Morgan fingerprint density at radius 3 is 2.80 bits per heavy atom. The number of thiophene rings is 2. The highest BCUT2D eigenvalue weighted by Crippen LogP contribution is 2.46. The highest BCUT2D eigenvalue weighted by atomic mass is 32.1. The van der Waals surface area contributed by atoms with Crippen LogP contribution in [0.25, 0.3) is 0 Å². The van der Waals surface area contributed by atoms with Gasteiger partial charge in [-0.05, 0) is 58.0 Å². The van der Waals surface area contributed by atoms with E-state index in [1.165, 1.54) is 4.88 Å². The summed E-state index contributed by atoms with van der Waals surface area (Å²) < 4.78 is 5.34. The second kappa shape index (κ2) is 6.67. The van der Waals surface area contributed by atoms with E-state index in [4.69, 9.17) is 4.74 Å². The molecule has 4 nitrogen and oxygen atoms in total. The SMILES string of the molecule is CCOC(=O)c1c(N=Cc2cccs2)sc2c1CC(C)(C)NC2(C)C. The lowest BCUT2D eigenvalue weighted by Crippen LogP contribution is -2.55. The van der Waals surface area contributed by atoms with Crippen LogP contribution in [0.3, 0.4) is 0 Å². The van der Waals surface area contributed by atoms with E-state index in [2.05, 4.69) is 38.0 Å². The Morgan fingerprint density at radius 1 is 1.40 bits per heavy atom. The molecule has 0 unspecified atom stereocenters. The third-order valence-electron chi connectivity index (χ3n) is 4.16. The summed E-state index contributed by atoms with van der Waals surface area (Å²) in [5.41, 5.74) is 1.42. The van der Waals surface area contributed by atoms with Crippen molar-refractivity contribution in [3.63, 3.8) is 0 Å². The van der Waals surface area contributed by atoms with Gasteiger partial charge in [0.1, 0.15) is 5.00 Å². The zero-order chi connectivity index (χ0) is 18.2. The fourth-order valence-electron chi connectivity index (χ4n) is 3.51. The molecule has 0 saturated carbocycles. The predicted octanol–water partition coefficient (Wildman–Crippen LogP) is 4.90. The molecule has 25 heavy (non-hydrogen) atoms. The maximum Gasteiger partial charge on any atom is 0.341 e. The maximum absolute atomic E-state index is 12.7. The Morgan fingerprint density at radius 2 is 2.16 bits per heavy atom. The van der Waals surface area contributed by atoms with Crippen molar-refractivity contribution in [1.82, 2.24) is 5.32 Å². The molecule has 3 rings (SSSR count). The summed E-state index contributed by atoms with van der Waals surface area (Å²) in [5.74, 6) is -0.271. The van der Waals surface area contributed by atoms with Crippen LogP contribution < -0.4 is 5.32 Å². The third kappa shape index (κ3) is 3.71. The van der Waals surface area contributed by atoms with Crippen LogP contribution in [0.15, 0.2) is 22.5 Å². The number of rotatable bonds is 4. The fraction of sp³-hybridized carbons (Fsp3) is 0.474. The zero-order valence-corrected chi connectivity index (χ0v) is 16.9. The quantitative estimate of drug-likeness (QED) is 0.610. The first-order valence-corrected chi connectivity index (χ1v) is 10.1. The number of carbonyl (C=O) groups is 1. The minimum atomic E-state index is -0.271. The first-order valence-electron chi connectivity index (χ1n) is 8.44. The normalized spacial score (nSPS) is 18.3. The molecule has 1 N–H and O–H groups in total. The molecule has 0 amide bonds. The molecule has 0 spiro atoms. The molecule has 1 aliphatic rings. The summed E-state index contributed by atoms with van der Waals surface area (Å²) in [6, 6.07) is 4.01. The van der Waals surface area contributed by atoms with Crippen molar-refractivity contribution < 1.29 is 9.53 Å². The highest BCUT2D eigenvalue weighted by molar-refractivity contribution is 7.16. The second-order valence-corrected chi connectivity index (χ2v) is 9.37. The number of hydrogen-bond acceptors (Lipinski definition) is 6. The Labute approximate surface area is 156 Å². The lowest BCUT2D eigenvalue weighted by molar-refractivity contribution is 0.0525. The summed E-state index contributed by atoms with van der Waals surface area (Å²) in [6.45, 7) is 10.8. The van der Waals surface area contributed by atoms with Crippen molar-refractivity contribution >= 4 is 39.9 Å². The van der Waals surface area contributed by atoms with Crippen molar-refractivity contribution in [2.24, 2.45) is 4.99 Å². The molecular formula is C19H24N2O2S2. The van der Waals surface area contributed by atoms with Crippen LogP contribution in [0.1, 0.15) is 60.3 Å². The van der Waals surface area contributed by atoms with Crippen molar-refractivity contribution in [3.05, 3.63) is 38.4 Å². The predicted molar refractivity (Wildman–Crippen MR) is 106 cm³/mol. The van der Waals surface area contributed by atoms with Gasteiger partial charge in [0, 0.05) is 27.0 Å². The Kier molecular flexibility index (Phi) is 4.88. The van der Waals surface area contributed by atoms with Crippen molar-refractivity contribution in [2.45, 2.75) is 52.1 Å². The molecule has 0 aromatic carbocycles. The van der Waals surface area contributed by atoms with Gasteiger partial charge in [-0.2, -0.15) is 0 Å². The summed E-state index contributed by atoms with van der Waals surface area (Å²) in [6.07, 6.45) is 2.61. The lowest BCUT2D eigenvalue weighted by Gasteiger charge is -2.42. The lowest BCUT2D eigenvalue weighted by atomic mass is 9.81. The van der Waals surface area contributed by atoms with Gasteiger partial charge in [-0.1, -0.05) is 6.07 Å². The van der Waals surface area contributed by atoms with Crippen LogP contribution in [-0.2, 0) is 16.7 Å². The largest absolute Gasteiger partial charge is 0.462 e. The molecule has 1 aliphatic heterocycles. The van der Waals surface area contributed by atoms with Gasteiger partial charge in [0.05, 0.1) is 12.2 Å². The molecular weight excluding hydrogens is 352 g/mol. The average molecular weight is 377 g/mol. The van der Waals surface area contributed by atoms with E-state index in [9.17, 15) is 4.79 Å². The third-order valence-corrected chi connectivity index (χ3v) is 6.43. The zero-order valence-electron chi connectivity index (χ0n) is 15.3. The van der Waals surface area contributed by atoms with E-state index in [0.717, 1.165) is 21.9 Å². The molecule has 0 bridgehead atoms. The molecule has 6 heteroatoms. The number of fused-ring (bicyclic) bond motifs is 1. The molecule has 3 heterocycles. The fourth-order valence-corrected chi connectivity index (χ4v) is 5.30. The van der Waals surface area contributed by atoms with Gasteiger partial charge in [0.15, 0.2) is 0 Å². The molecule has 2 aromatic rings. The van der Waals surface area contributed by atoms with Crippen LogP contribution >= 0.6 is 22.7 Å². The maximum atomic E-state index is 12.7. The Bertz CT molecular complexity index is 802. The first kappa shape index (κ1) is 18.3. The van der Waals surface area contributed by atoms with E-state index in [-0.39, 0.29) is 17.0 Å². The second-order valence-electron chi connectivity index (χ2n) is 7.39. The number of nitrogens with one attached hydrogen (secondary N) is 1. The first-order chi connectivity index (χ1) is 11.7. The van der Waals surface area contributed by atoms with Gasteiger partial charge >= 0.3 is 5.97 Å². The topological polar surface area (TPSA) is 50.7 Å². The number of carbonyl (C=O) groups excluding carboxylic acids is 1. The Hall–Kier alpha value is -1.50. The van der Waals surface area contributed by atoms with E-state index in [1.807, 2.05) is 30.7 Å². The minimum absolute atomic E-state index is 0.0897. The molecule has 0 aliphatic carbocycles. The van der Waals surface area contributed by atoms with Crippen molar-refractivity contribution in [1.29, 1.82) is 0 Å². The number of aliphatic imine (C=N–C) groups is 1. The molecule has 0 saturated heterocycles. The van der Waals surface area contributed by atoms with Crippen LogP contribution in [0, 0.1) is 0 Å². The van der Waals surface area contributed by atoms with Gasteiger partial charge in [0.2, 0.25) is 0 Å². The number of esters is 1. The summed E-state index contributed by atoms with van der Waals surface area (Å²) in [7, 11) is 0. The number of ether oxygens (including phenoxy) is 1. The van der Waals surface area contributed by atoms with Crippen LogP contribution in [-0.4, -0.2) is 24.3 Å². The van der Waals surface area contributed by atoms with Gasteiger partial charge in [-0.25, -0.2) is 9.79 Å². The van der Waals surface area contributed by atoms with Gasteiger partial charge in [-0.15, -0.1) is 22.7 Å². The number of hydrogen-bond donors (Lipinski definition) is 1. The summed E-state index contributed by atoms with van der Waals surface area (Å²) >= 11 is 3.22. The minimum Gasteiger partial charge on any atom is -0.462 e. The summed E-state index contributed by atoms with van der Waals surface area (Å²) in [5, 5.41) is 6.43. The molecule has 0 fully saturated rings. The van der Waals surface area contributed by atoms with Crippen LogP contribution in [0.2, 0.25) is 0 Å². The summed E-state index contributed by atoms with van der Waals surface area (Å²) in [4.78, 5) is 19.6. The van der Waals surface area contributed by atoms with Crippen molar-refractivity contribution in [3.8, 4) is 0 Å². The molecule has 134 valence electrons. The molecule has 0 radical (unpaired) electrons. The van der Waals surface area contributed by atoms with Gasteiger partial charge in [0.25, 0.3) is 0 Å². The molecule has 2 aromatic heterocycles. The Balaban J connectivity index is 2.12. The van der Waals surface area contributed by atoms with E-state index in [1.54, 1.807) is 22.7 Å². The van der Waals surface area contributed by atoms with E-state index < -0.39 is 0 Å². The van der Waals surface area contributed by atoms with Crippen LogP contribution in [0.5, 0.6) is 0 Å². The van der Waals surface area contributed by atoms with E-state index >= 15 is 0 Å². The smallest absolute Gasteiger partial charge is 0.341 e. The standard InChI is InChI=1S/C19H24N2O2S2/c1-6-23-17(22)14-13-10-18(2,3)21-19(4,5)15(13)25-16(14)20-11-12-8-7-9-24-12/h7-9,11,21H,6,10H2,1-5H3. The van der Waals surface area contributed by atoms with Gasteiger partial charge in [-0.3, -0.25) is 0 Å². The van der Waals surface area contributed by atoms with E-state index in [0.29, 0.717) is 12.2 Å². The van der Waals surface area contributed by atoms with Crippen LogP contribution in [0.4, 0.5) is 5.00 Å². The number of nitrogens with zero attached hydrogens (tertiary/aromatic N) is 1. The van der Waals surface area contributed by atoms with Crippen molar-refractivity contribution in [2.75, 3.05) is 6.61 Å². The highest BCUT2D eigenvalue weighted by Gasteiger charge is 2.41. The monoisotopic (exact) mass is 376 g/mol. The molecule has 0 atom stereocenters.